The van der Waals surface area contributed by atoms with Crippen LogP contribution in [0, 0.1) is 11.7 Å². The minimum atomic E-state index is -0.420. The highest BCUT2D eigenvalue weighted by molar-refractivity contribution is 6.03. The van der Waals surface area contributed by atoms with Crippen molar-refractivity contribution in [3.63, 3.8) is 0 Å². The minimum Gasteiger partial charge on any atom is -0.497 e. The van der Waals surface area contributed by atoms with E-state index in [0.29, 0.717) is 36.6 Å². The van der Waals surface area contributed by atoms with Crippen molar-refractivity contribution >= 4 is 17.5 Å². The number of hydrogen-bond donors (Lipinski definition) is 0. The molecular formula is C25H30FN3O4. The molecule has 8 heteroatoms. The van der Waals surface area contributed by atoms with E-state index >= 15 is 0 Å². The average Bonchev–Trinajstić information content (AvgIpc) is 3.26. The van der Waals surface area contributed by atoms with E-state index in [1.54, 1.807) is 46.3 Å². The Balaban J connectivity index is 1.92. The summed E-state index contributed by atoms with van der Waals surface area (Å²) in [5.74, 6) is -0.442. The molecule has 3 rings (SSSR count). The monoisotopic (exact) mass is 455 g/mol. The second-order valence-corrected chi connectivity index (χ2v) is 8.17. The number of rotatable bonds is 9. The number of hydrogen-bond acceptors (Lipinski definition) is 5. The quantitative estimate of drug-likeness (QED) is 0.579. The highest BCUT2D eigenvalue weighted by atomic mass is 19.1. The molecule has 33 heavy (non-hydrogen) atoms. The third-order valence-corrected chi connectivity index (χ3v) is 5.55. The fraction of sp³-hybridized carbons (Fsp3) is 0.400. The maximum Gasteiger partial charge on any atom is 0.262 e. The van der Waals surface area contributed by atoms with Crippen LogP contribution in [0.25, 0.3) is 0 Å². The predicted molar refractivity (Wildman–Crippen MR) is 123 cm³/mol. The summed E-state index contributed by atoms with van der Waals surface area (Å²) in [7, 11) is 3.13. The van der Waals surface area contributed by atoms with Crippen molar-refractivity contribution in [1.82, 2.24) is 9.91 Å². The number of amides is 2. The molecule has 0 saturated heterocycles. The second-order valence-electron chi connectivity index (χ2n) is 8.17. The summed E-state index contributed by atoms with van der Waals surface area (Å²) in [5.41, 5.74) is 1.69. The number of carbonyl (C=O) groups excluding carboxylic acids is 2. The molecule has 2 aromatic rings. The molecule has 0 unspecified atom stereocenters. The zero-order valence-corrected chi connectivity index (χ0v) is 19.5. The van der Waals surface area contributed by atoms with Crippen LogP contribution in [-0.4, -0.2) is 61.4 Å². The molecule has 0 N–H and O–H groups in total. The molecule has 176 valence electrons. The Labute approximate surface area is 193 Å². The first-order valence-corrected chi connectivity index (χ1v) is 10.9. The van der Waals surface area contributed by atoms with Gasteiger partial charge in [0.05, 0.1) is 25.5 Å². The van der Waals surface area contributed by atoms with Gasteiger partial charge < -0.3 is 14.4 Å². The number of methoxy groups -OCH3 is 2. The number of halogens is 1. The van der Waals surface area contributed by atoms with Gasteiger partial charge in [0.2, 0.25) is 5.91 Å². The average molecular weight is 456 g/mol. The van der Waals surface area contributed by atoms with E-state index in [2.05, 4.69) is 5.10 Å². The van der Waals surface area contributed by atoms with Gasteiger partial charge in [0.25, 0.3) is 5.91 Å². The van der Waals surface area contributed by atoms with Gasteiger partial charge >= 0.3 is 0 Å². The van der Waals surface area contributed by atoms with Crippen LogP contribution in [0.3, 0.4) is 0 Å². The van der Waals surface area contributed by atoms with Gasteiger partial charge in [-0.1, -0.05) is 44.2 Å². The lowest BCUT2D eigenvalue weighted by Gasteiger charge is -2.28. The molecule has 1 heterocycles. The molecule has 2 aromatic carbocycles. The fourth-order valence-corrected chi connectivity index (χ4v) is 3.75. The van der Waals surface area contributed by atoms with Crippen LogP contribution in [-0.2, 0) is 14.3 Å². The Kier molecular flexibility index (Phi) is 8.16. The van der Waals surface area contributed by atoms with Crippen LogP contribution in [0.4, 0.5) is 4.39 Å². The predicted octanol–water partition coefficient (Wildman–Crippen LogP) is 3.64. The van der Waals surface area contributed by atoms with E-state index in [-0.39, 0.29) is 24.3 Å². The first-order chi connectivity index (χ1) is 15.8. The third kappa shape index (κ3) is 5.76. The van der Waals surface area contributed by atoms with Crippen molar-refractivity contribution in [2.24, 2.45) is 11.0 Å². The van der Waals surface area contributed by atoms with E-state index in [0.717, 1.165) is 5.56 Å². The summed E-state index contributed by atoms with van der Waals surface area (Å²) in [6.07, 6.45) is 0.356. The van der Waals surface area contributed by atoms with Gasteiger partial charge in [0.1, 0.15) is 18.1 Å². The molecular weight excluding hydrogens is 425 g/mol. The molecule has 7 nitrogen and oxygen atoms in total. The number of carbonyl (C=O) groups is 2. The topological polar surface area (TPSA) is 71.4 Å². The Morgan fingerprint density at radius 3 is 2.45 bits per heavy atom. The van der Waals surface area contributed by atoms with Gasteiger partial charge in [0, 0.05) is 31.6 Å². The third-order valence-electron chi connectivity index (χ3n) is 5.55. The summed E-state index contributed by atoms with van der Waals surface area (Å²) in [5, 5.41) is 5.89. The SMILES string of the molecule is COCCN(CC(=O)N1N=C(c2ccccc2F)C[C@@H]1c1ccc(OC)cc1)C(=O)C(C)C. The standard InChI is InChI=1S/C25H30FN3O4/c1-17(2)25(31)28(13-14-32-3)16-24(30)29-23(18-9-11-19(33-4)12-10-18)15-22(27-29)20-7-5-6-8-21(20)26/h5-12,17,23H,13-16H2,1-4H3/t23-/m1/s1. The smallest absolute Gasteiger partial charge is 0.262 e. The number of benzene rings is 2. The molecule has 0 radical (unpaired) electrons. The molecule has 0 saturated carbocycles. The Morgan fingerprint density at radius 1 is 1.15 bits per heavy atom. The van der Waals surface area contributed by atoms with Crippen LogP contribution in [0.15, 0.2) is 53.6 Å². The zero-order valence-electron chi connectivity index (χ0n) is 19.5. The number of ether oxygens (including phenoxy) is 2. The molecule has 0 fully saturated rings. The lowest BCUT2D eigenvalue weighted by atomic mass is 9.98. The van der Waals surface area contributed by atoms with Crippen molar-refractivity contribution in [1.29, 1.82) is 0 Å². The maximum atomic E-state index is 14.5. The zero-order chi connectivity index (χ0) is 24.0. The molecule has 0 aliphatic carbocycles. The van der Waals surface area contributed by atoms with E-state index < -0.39 is 11.9 Å². The molecule has 1 atom stereocenters. The van der Waals surface area contributed by atoms with E-state index in [1.165, 1.54) is 16.0 Å². The summed E-state index contributed by atoms with van der Waals surface area (Å²) in [4.78, 5) is 27.5. The van der Waals surface area contributed by atoms with Crippen LogP contribution in [0.5, 0.6) is 5.75 Å². The fourth-order valence-electron chi connectivity index (χ4n) is 3.75. The first-order valence-electron chi connectivity index (χ1n) is 10.9. The van der Waals surface area contributed by atoms with Gasteiger partial charge in [-0.3, -0.25) is 9.59 Å². The second kappa shape index (κ2) is 11.0. The van der Waals surface area contributed by atoms with Crippen LogP contribution >= 0.6 is 0 Å². The van der Waals surface area contributed by atoms with Gasteiger partial charge in [-0.2, -0.15) is 5.10 Å². The van der Waals surface area contributed by atoms with Gasteiger partial charge in [-0.25, -0.2) is 9.40 Å². The van der Waals surface area contributed by atoms with Crippen molar-refractivity contribution in [2.45, 2.75) is 26.3 Å². The Hall–Kier alpha value is -3.26. The van der Waals surface area contributed by atoms with Crippen molar-refractivity contribution in [3.05, 3.63) is 65.5 Å². The van der Waals surface area contributed by atoms with E-state index in [4.69, 9.17) is 9.47 Å². The van der Waals surface area contributed by atoms with Crippen LogP contribution in [0.1, 0.15) is 37.4 Å². The van der Waals surface area contributed by atoms with Gasteiger partial charge in [0.15, 0.2) is 0 Å². The highest BCUT2D eigenvalue weighted by Crippen LogP contribution is 2.34. The number of nitrogens with zero attached hydrogens (tertiary/aromatic N) is 3. The molecule has 1 aliphatic rings. The lowest BCUT2D eigenvalue weighted by Crippen LogP contribution is -2.44. The molecule has 0 aromatic heterocycles. The maximum absolute atomic E-state index is 14.5. The van der Waals surface area contributed by atoms with Crippen molar-refractivity contribution in [2.75, 3.05) is 33.9 Å². The Morgan fingerprint density at radius 2 is 1.85 bits per heavy atom. The molecule has 2 amide bonds. The first kappa shape index (κ1) is 24.4. The van der Waals surface area contributed by atoms with E-state index in [9.17, 15) is 14.0 Å². The summed E-state index contributed by atoms with van der Waals surface area (Å²) >= 11 is 0. The highest BCUT2D eigenvalue weighted by Gasteiger charge is 2.35. The minimum absolute atomic E-state index is 0.138. The lowest BCUT2D eigenvalue weighted by molar-refractivity contribution is -0.143. The molecule has 0 spiro atoms. The van der Waals surface area contributed by atoms with Crippen LogP contribution in [0.2, 0.25) is 0 Å². The summed E-state index contributed by atoms with van der Waals surface area (Å²) in [6.45, 7) is 4.05. The van der Waals surface area contributed by atoms with Gasteiger partial charge in [-0.05, 0) is 23.8 Å². The van der Waals surface area contributed by atoms with Crippen molar-refractivity contribution < 1.29 is 23.5 Å². The molecule has 0 bridgehead atoms. The Bertz CT molecular complexity index is 1010. The largest absolute Gasteiger partial charge is 0.497 e. The number of hydrazone groups is 1. The normalized spacial score (nSPS) is 15.5. The molecule has 1 aliphatic heterocycles. The van der Waals surface area contributed by atoms with Crippen LogP contribution < -0.4 is 4.74 Å². The van der Waals surface area contributed by atoms with E-state index in [1.807, 2.05) is 24.3 Å². The summed E-state index contributed by atoms with van der Waals surface area (Å²) in [6, 6.07) is 13.3. The van der Waals surface area contributed by atoms with Gasteiger partial charge in [-0.15, -0.1) is 0 Å². The van der Waals surface area contributed by atoms with Crippen molar-refractivity contribution in [3.8, 4) is 5.75 Å². The summed E-state index contributed by atoms with van der Waals surface area (Å²) < 4.78 is 24.8.